The molecule has 0 bridgehead atoms. The number of Topliss-reactive ketones (excluding diaryl/α,β-unsaturated/α-hetero) is 1. The van der Waals surface area contributed by atoms with Gasteiger partial charge in [0.05, 0.1) is 14.2 Å². The molecule has 0 spiro atoms. The third-order valence-corrected chi connectivity index (χ3v) is 2.42. The molecule has 1 rings (SSSR count). The molecule has 0 radical (unpaired) electrons. The number of ether oxygens (including phenoxy) is 2. The zero-order valence-corrected chi connectivity index (χ0v) is 10.8. The first-order valence-corrected chi connectivity index (χ1v) is 5.31. The van der Waals surface area contributed by atoms with Crippen molar-refractivity contribution in [3.05, 3.63) is 23.3 Å². The smallest absolute Gasteiger partial charge is 0.339 e. The van der Waals surface area contributed by atoms with E-state index in [0.29, 0.717) is 5.56 Å². The lowest BCUT2D eigenvalue weighted by Gasteiger charge is -2.09. The zero-order valence-electron chi connectivity index (χ0n) is 10.8. The summed E-state index contributed by atoms with van der Waals surface area (Å²) in [6.07, 6.45) is 1.19. The largest absolute Gasteiger partial charge is 0.502 e. The van der Waals surface area contributed by atoms with Crippen LogP contribution < -0.4 is 9.47 Å². The molecule has 1 aromatic rings. The molecule has 0 saturated carbocycles. The van der Waals surface area contributed by atoms with Crippen molar-refractivity contribution >= 4 is 17.8 Å². The minimum absolute atomic E-state index is 0.124. The lowest BCUT2D eigenvalue weighted by atomic mass is 10.1. The van der Waals surface area contributed by atoms with Crippen molar-refractivity contribution < 1.29 is 29.3 Å². The van der Waals surface area contributed by atoms with Gasteiger partial charge in [0.15, 0.2) is 17.3 Å². The van der Waals surface area contributed by atoms with Crippen molar-refractivity contribution in [2.24, 2.45) is 0 Å². The summed E-state index contributed by atoms with van der Waals surface area (Å²) < 4.78 is 9.88. The number of aliphatic carboxylic acids is 1. The average molecular weight is 266 g/mol. The Bertz CT molecular complexity index is 503. The first kappa shape index (κ1) is 14.6. The molecule has 0 atom stereocenters. The van der Waals surface area contributed by atoms with Crippen molar-refractivity contribution in [1.29, 1.82) is 0 Å². The van der Waals surface area contributed by atoms with Gasteiger partial charge in [-0.1, -0.05) is 0 Å². The molecular weight excluding hydrogens is 252 g/mol. The standard InChI is InChI=1S/C13H14O6/c1-7(14)9(13(16)17)4-8-5-10(18-2)12(15)11(6-8)19-3/h4-6,15H,1-3H3,(H,16,17)/b9-4+. The number of carbonyl (C=O) groups excluding carboxylic acids is 1. The van der Waals surface area contributed by atoms with E-state index < -0.39 is 11.8 Å². The molecule has 0 unspecified atom stereocenters. The van der Waals surface area contributed by atoms with Crippen LogP contribution >= 0.6 is 0 Å². The quantitative estimate of drug-likeness (QED) is 0.476. The topological polar surface area (TPSA) is 93.1 Å². The van der Waals surface area contributed by atoms with E-state index in [1.54, 1.807) is 0 Å². The van der Waals surface area contributed by atoms with Gasteiger partial charge in [-0.2, -0.15) is 0 Å². The highest BCUT2D eigenvalue weighted by Gasteiger charge is 2.15. The maximum atomic E-state index is 11.2. The fraction of sp³-hybridized carbons (Fsp3) is 0.231. The number of ketones is 1. The minimum Gasteiger partial charge on any atom is -0.502 e. The Hall–Kier alpha value is -2.50. The Kier molecular flexibility index (Phi) is 4.52. The second-order valence-corrected chi connectivity index (χ2v) is 3.69. The van der Waals surface area contributed by atoms with E-state index in [4.69, 9.17) is 14.6 Å². The van der Waals surface area contributed by atoms with Crippen LogP contribution in [-0.2, 0) is 9.59 Å². The van der Waals surface area contributed by atoms with E-state index >= 15 is 0 Å². The molecule has 1 aromatic carbocycles. The van der Waals surface area contributed by atoms with Gasteiger partial charge < -0.3 is 19.7 Å². The lowest BCUT2D eigenvalue weighted by molar-refractivity contribution is -0.134. The summed E-state index contributed by atoms with van der Waals surface area (Å²) in [7, 11) is 2.70. The Morgan fingerprint density at radius 3 is 1.95 bits per heavy atom. The highest BCUT2D eigenvalue weighted by molar-refractivity contribution is 6.19. The third kappa shape index (κ3) is 3.25. The van der Waals surface area contributed by atoms with Gasteiger partial charge in [0.2, 0.25) is 5.75 Å². The Balaban J connectivity index is 3.39. The summed E-state index contributed by atoms with van der Waals surface area (Å²) in [6.45, 7) is 1.16. The number of phenolic OH excluding ortho intramolecular Hbond substituents is 1. The second kappa shape index (κ2) is 5.90. The maximum Gasteiger partial charge on any atom is 0.339 e. The average Bonchev–Trinajstić information content (AvgIpc) is 2.36. The van der Waals surface area contributed by atoms with Gasteiger partial charge >= 0.3 is 5.97 Å². The molecule has 0 heterocycles. The van der Waals surface area contributed by atoms with Gasteiger partial charge in [-0.25, -0.2) is 4.79 Å². The maximum absolute atomic E-state index is 11.2. The van der Waals surface area contributed by atoms with Crippen LogP contribution in [0.25, 0.3) is 6.08 Å². The number of carbonyl (C=O) groups is 2. The molecule has 102 valence electrons. The first-order valence-electron chi connectivity index (χ1n) is 5.31. The van der Waals surface area contributed by atoms with Crippen LogP contribution in [-0.4, -0.2) is 36.2 Å². The van der Waals surface area contributed by atoms with E-state index in [2.05, 4.69) is 0 Å². The van der Waals surface area contributed by atoms with Gasteiger partial charge in [-0.15, -0.1) is 0 Å². The van der Waals surface area contributed by atoms with Crippen LogP contribution in [0.1, 0.15) is 12.5 Å². The van der Waals surface area contributed by atoms with Crippen molar-refractivity contribution in [3.63, 3.8) is 0 Å². The van der Waals surface area contributed by atoms with Crippen molar-refractivity contribution in [2.75, 3.05) is 14.2 Å². The SMILES string of the molecule is COc1cc(/C=C(\C(C)=O)C(=O)O)cc(OC)c1O. The molecule has 0 aliphatic carbocycles. The summed E-state index contributed by atoms with van der Waals surface area (Å²) in [5, 5.41) is 18.6. The molecule has 19 heavy (non-hydrogen) atoms. The third-order valence-electron chi connectivity index (χ3n) is 2.42. The highest BCUT2D eigenvalue weighted by Crippen LogP contribution is 2.37. The Morgan fingerprint density at radius 2 is 1.63 bits per heavy atom. The van der Waals surface area contributed by atoms with Crippen molar-refractivity contribution in [3.8, 4) is 17.2 Å². The fourth-order valence-corrected chi connectivity index (χ4v) is 1.48. The number of carboxylic acids is 1. The monoisotopic (exact) mass is 266 g/mol. The summed E-state index contributed by atoms with van der Waals surface area (Å²) in [5.74, 6) is -1.84. The zero-order chi connectivity index (χ0) is 14.6. The normalized spacial score (nSPS) is 11.0. The lowest BCUT2D eigenvalue weighted by Crippen LogP contribution is -2.08. The van der Waals surface area contributed by atoms with Crippen LogP contribution in [0.2, 0.25) is 0 Å². The molecule has 6 nitrogen and oxygen atoms in total. The molecule has 2 N–H and O–H groups in total. The van der Waals surface area contributed by atoms with Crippen LogP contribution in [0, 0.1) is 0 Å². The van der Waals surface area contributed by atoms with Gasteiger partial charge in [0.1, 0.15) is 5.57 Å². The van der Waals surface area contributed by atoms with Crippen LogP contribution in [0.15, 0.2) is 17.7 Å². The van der Waals surface area contributed by atoms with E-state index in [0.717, 1.165) is 6.92 Å². The van der Waals surface area contributed by atoms with Crippen LogP contribution in [0.4, 0.5) is 0 Å². The van der Waals surface area contributed by atoms with Gasteiger partial charge in [0.25, 0.3) is 0 Å². The Morgan fingerprint density at radius 1 is 1.16 bits per heavy atom. The van der Waals surface area contributed by atoms with E-state index in [1.165, 1.54) is 32.4 Å². The van der Waals surface area contributed by atoms with E-state index in [1.807, 2.05) is 0 Å². The predicted molar refractivity (Wildman–Crippen MR) is 67.5 cm³/mol. The summed E-state index contributed by atoms with van der Waals surface area (Å²) in [5.41, 5.74) is 0.00824. The van der Waals surface area contributed by atoms with Crippen molar-refractivity contribution in [2.45, 2.75) is 6.92 Å². The number of rotatable bonds is 5. The number of methoxy groups -OCH3 is 2. The Labute approximate surface area is 109 Å². The molecule has 0 fully saturated rings. The predicted octanol–water partition coefficient (Wildman–Crippen LogP) is 1.47. The van der Waals surface area contributed by atoms with Gasteiger partial charge in [-0.3, -0.25) is 4.79 Å². The molecular formula is C13H14O6. The van der Waals surface area contributed by atoms with Crippen LogP contribution in [0.5, 0.6) is 17.2 Å². The number of benzene rings is 1. The summed E-state index contributed by atoms with van der Waals surface area (Å²) >= 11 is 0. The highest BCUT2D eigenvalue weighted by atomic mass is 16.5. The van der Waals surface area contributed by atoms with Gasteiger partial charge in [-0.05, 0) is 30.7 Å². The minimum atomic E-state index is -1.32. The second-order valence-electron chi connectivity index (χ2n) is 3.69. The number of carboxylic acid groups (broad SMARTS) is 1. The van der Waals surface area contributed by atoms with E-state index in [9.17, 15) is 14.7 Å². The molecule has 0 aromatic heterocycles. The molecule has 0 amide bonds. The first-order chi connectivity index (χ1) is 8.90. The van der Waals surface area contributed by atoms with Crippen molar-refractivity contribution in [1.82, 2.24) is 0 Å². The number of hydrogen-bond acceptors (Lipinski definition) is 5. The van der Waals surface area contributed by atoms with Crippen LogP contribution in [0.3, 0.4) is 0 Å². The fourth-order valence-electron chi connectivity index (χ4n) is 1.48. The number of phenols is 1. The van der Waals surface area contributed by atoms with Gasteiger partial charge in [0, 0.05) is 0 Å². The number of hydrogen-bond donors (Lipinski definition) is 2. The molecule has 0 aliphatic heterocycles. The number of aromatic hydroxyl groups is 1. The molecule has 0 saturated heterocycles. The summed E-state index contributed by atoms with van der Waals surface area (Å²) in [6, 6.07) is 2.81. The molecule has 6 heteroatoms. The van der Waals surface area contributed by atoms with E-state index in [-0.39, 0.29) is 22.8 Å². The summed E-state index contributed by atoms with van der Waals surface area (Å²) in [4.78, 5) is 22.1. The molecule has 0 aliphatic rings.